The van der Waals surface area contributed by atoms with Crippen LogP contribution in [0.4, 0.5) is 13.2 Å². The summed E-state index contributed by atoms with van der Waals surface area (Å²) in [7, 11) is 0. The molecule has 0 fully saturated rings. The summed E-state index contributed by atoms with van der Waals surface area (Å²) < 4.78 is 56.3. The molecule has 4 rings (SSSR count). The van der Waals surface area contributed by atoms with Gasteiger partial charge in [0, 0.05) is 24.2 Å². The maximum absolute atomic E-state index is 15.3. The van der Waals surface area contributed by atoms with Crippen LogP contribution in [0.5, 0.6) is 11.5 Å². The summed E-state index contributed by atoms with van der Waals surface area (Å²) in [5.74, 6) is -1.84. The van der Waals surface area contributed by atoms with E-state index in [1.807, 2.05) is 13.0 Å². The lowest BCUT2D eigenvalue weighted by atomic mass is 9.83. The monoisotopic (exact) mass is 447 g/mol. The topological polar surface area (TPSA) is 59.0 Å². The Labute approximate surface area is 184 Å². The number of fused-ring (bicyclic) bond motifs is 2. The Hall–Kier alpha value is -3.00. The van der Waals surface area contributed by atoms with Crippen LogP contribution >= 0.6 is 0 Å². The number of alkyl halides is 1. The van der Waals surface area contributed by atoms with Crippen molar-refractivity contribution in [1.29, 1.82) is 0 Å². The van der Waals surface area contributed by atoms with Crippen LogP contribution in [0.25, 0.3) is 6.08 Å². The Morgan fingerprint density at radius 3 is 2.41 bits per heavy atom. The average Bonchev–Trinajstić information content (AvgIpc) is 3.13. The van der Waals surface area contributed by atoms with Crippen LogP contribution in [-0.2, 0) is 11.2 Å². The van der Waals surface area contributed by atoms with Crippen LogP contribution in [0.2, 0.25) is 0 Å². The van der Waals surface area contributed by atoms with Crippen molar-refractivity contribution < 1.29 is 32.5 Å². The van der Waals surface area contributed by atoms with Gasteiger partial charge in [-0.25, -0.2) is 18.0 Å². The van der Waals surface area contributed by atoms with Gasteiger partial charge in [-0.05, 0) is 74.2 Å². The number of nitrogens with zero attached hydrogens (tertiary/aromatic N) is 1. The first kappa shape index (κ1) is 22.2. The van der Waals surface area contributed by atoms with Gasteiger partial charge in [0.15, 0.2) is 11.5 Å². The minimum absolute atomic E-state index is 0.0355. The molecule has 2 aromatic carbocycles. The first-order valence-electron chi connectivity index (χ1n) is 10.3. The molecule has 2 heterocycles. The van der Waals surface area contributed by atoms with Crippen molar-refractivity contribution >= 4 is 12.0 Å². The van der Waals surface area contributed by atoms with Crippen molar-refractivity contribution in [1.82, 2.24) is 4.90 Å². The second kappa shape index (κ2) is 8.16. The highest BCUT2D eigenvalue weighted by atomic mass is 19.1. The predicted molar refractivity (Wildman–Crippen MR) is 112 cm³/mol. The molecule has 32 heavy (non-hydrogen) atoms. The number of carboxylic acids is 1. The zero-order chi connectivity index (χ0) is 23.2. The van der Waals surface area contributed by atoms with E-state index >= 15 is 8.78 Å². The summed E-state index contributed by atoms with van der Waals surface area (Å²) in [6.07, 6.45) is 2.49. The lowest BCUT2D eigenvalue weighted by molar-refractivity contribution is -0.131. The molecule has 0 radical (unpaired) electrons. The summed E-state index contributed by atoms with van der Waals surface area (Å²) in [6, 6.07) is 4.61. The molecule has 0 aromatic heterocycles. The number of rotatable bonds is 5. The Morgan fingerprint density at radius 1 is 1.19 bits per heavy atom. The van der Waals surface area contributed by atoms with E-state index in [2.05, 4.69) is 0 Å². The molecule has 170 valence electrons. The first-order valence-corrected chi connectivity index (χ1v) is 10.3. The highest BCUT2D eigenvalue weighted by molar-refractivity contribution is 5.85. The maximum Gasteiger partial charge on any atom is 0.328 e. The van der Waals surface area contributed by atoms with Gasteiger partial charge in [0.05, 0.1) is 6.04 Å². The molecule has 0 aliphatic carbocycles. The molecular weight excluding hydrogens is 423 g/mol. The highest BCUT2D eigenvalue weighted by Crippen LogP contribution is 2.46. The number of hydrogen-bond donors (Lipinski definition) is 1. The molecule has 2 aliphatic heterocycles. The number of halogens is 3. The van der Waals surface area contributed by atoms with E-state index in [9.17, 15) is 9.18 Å². The lowest BCUT2D eigenvalue weighted by Gasteiger charge is -2.44. The minimum atomic E-state index is -1.60. The molecule has 0 saturated heterocycles. The van der Waals surface area contributed by atoms with Gasteiger partial charge in [0.25, 0.3) is 0 Å². The van der Waals surface area contributed by atoms with Crippen molar-refractivity contribution in [3.8, 4) is 11.5 Å². The van der Waals surface area contributed by atoms with E-state index in [0.29, 0.717) is 23.5 Å². The van der Waals surface area contributed by atoms with Gasteiger partial charge >= 0.3 is 5.97 Å². The summed E-state index contributed by atoms with van der Waals surface area (Å²) in [4.78, 5) is 12.5. The first-order chi connectivity index (χ1) is 15.0. The molecule has 8 heteroatoms. The molecule has 2 unspecified atom stereocenters. The van der Waals surface area contributed by atoms with Gasteiger partial charge in [-0.2, -0.15) is 0 Å². The zero-order valence-electron chi connectivity index (χ0n) is 18.0. The number of carbonyl (C=O) groups is 1. The SMILES string of the molecule is CC1Cc2cc3c(cc2C(c2c(F)cc(/C=C/C(=O)O)cc2F)N1CC(C)(C)F)OCO3. The van der Waals surface area contributed by atoms with Crippen LogP contribution in [0.3, 0.4) is 0 Å². The highest BCUT2D eigenvalue weighted by Gasteiger charge is 2.40. The summed E-state index contributed by atoms with van der Waals surface area (Å²) in [5.41, 5.74) is -0.250. The molecule has 2 aromatic rings. The van der Waals surface area contributed by atoms with E-state index in [4.69, 9.17) is 14.6 Å². The van der Waals surface area contributed by atoms with Crippen molar-refractivity contribution in [3.63, 3.8) is 0 Å². The number of aliphatic carboxylic acids is 1. The molecule has 1 N–H and O–H groups in total. The van der Waals surface area contributed by atoms with Crippen LogP contribution < -0.4 is 9.47 Å². The maximum atomic E-state index is 15.3. The van der Waals surface area contributed by atoms with Gasteiger partial charge in [0.1, 0.15) is 17.3 Å². The Bertz CT molecular complexity index is 1070. The molecule has 5 nitrogen and oxygen atoms in total. The summed E-state index contributed by atoms with van der Waals surface area (Å²) in [6.45, 7) is 4.78. The normalized spacial score (nSPS) is 20.6. The lowest BCUT2D eigenvalue weighted by Crippen LogP contribution is -2.48. The van der Waals surface area contributed by atoms with Crippen LogP contribution in [0.1, 0.15) is 49.1 Å². The molecule has 0 saturated carbocycles. The van der Waals surface area contributed by atoms with Crippen LogP contribution in [0, 0.1) is 11.6 Å². The van der Waals surface area contributed by atoms with Crippen LogP contribution in [-0.4, -0.2) is 41.0 Å². The second-order valence-electron chi connectivity index (χ2n) is 8.82. The Balaban J connectivity index is 1.88. The Kier molecular flexibility index (Phi) is 5.67. The van der Waals surface area contributed by atoms with Gasteiger partial charge < -0.3 is 14.6 Å². The van der Waals surface area contributed by atoms with E-state index in [0.717, 1.165) is 29.8 Å². The van der Waals surface area contributed by atoms with E-state index < -0.39 is 29.3 Å². The third kappa shape index (κ3) is 4.32. The molecule has 0 amide bonds. The zero-order valence-corrected chi connectivity index (χ0v) is 18.0. The predicted octanol–water partition coefficient (Wildman–Crippen LogP) is 4.88. The van der Waals surface area contributed by atoms with Crippen molar-refractivity contribution in [2.75, 3.05) is 13.3 Å². The fourth-order valence-corrected chi connectivity index (χ4v) is 4.43. The summed E-state index contributed by atoms with van der Waals surface area (Å²) >= 11 is 0. The van der Waals surface area contributed by atoms with Gasteiger partial charge in [-0.3, -0.25) is 4.90 Å². The Morgan fingerprint density at radius 2 is 1.81 bits per heavy atom. The quantitative estimate of drug-likeness (QED) is 0.663. The third-order valence-electron chi connectivity index (χ3n) is 5.69. The van der Waals surface area contributed by atoms with Gasteiger partial charge in [-0.15, -0.1) is 0 Å². The van der Waals surface area contributed by atoms with Crippen LogP contribution in [0.15, 0.2) is 30.3 Å². The second-order valence-corrected chi connectivity index (χ2v) is 8.82. The van der Waals surface area contributed by atoms with Crippen molar-refractivity contribution in [2.24, 2.45) is 0 Å². The fourth-order valence-electron chi connectivity index (χ4n) is 4.43. The largest absolute Gasteiger partial charge is 0.478 e. The van der Waals surface area contributed by atoms with Crippen molar-refractivity contribution in [3.05, 3.63) is 64.2 Å². The van der Waals surface area contributed by atoms with Gasteiger partial charge in [-0.1, -0.05) is 0 Å². The summed E-state index contributed by atoms with van der Waals surface area (Å²) in [5, 5.41) is 8.79. The smallest absolute Gasteiger partial charge is 0.328 e. The molecular formula is C24H24F3NO4. The van der Waals surface area contributed by atoms with Crippen molar-refractivity contribution in [2.45, 2.75) is 44.9 Å². The molecule has 2 aliphatic rings. The minimum Gasteiger partial charge on any atom is -0.478 e. The fraction of sp³-hybridized carbons (Fsp3) is 0.375. The third-order valence-corrected chi connectivity index (χ3v) is 5.69. The number of ether oxygens (including phenoxy) is 2. The average molecular weight is 447 g/mol. The number of carboxylic acid groups (broad SMARTS) is 1. The van der Waals surface area contributed by atoms with E-state index in [1.54, 1.807) is 11.0 Å². The molecule has 2 atom stereocenters. The number of benzene rings is 2. The van der Waals surface area contributed by atoms with E-state index in [-0.39, 0.29) is 30.5 Å². The van der Waals surface area contributed by atoms with Gasteiger partial charge in [0.2, 0.25) is 6.79 Å². The molecule has 0 bridgehead atoms. The molecule has 0 spiro atoms. The van der Waals surface area contributed by atoms with E-state index in [1.165, 1.54) is 13.8 Å². The standard InChI is InChI=1S/C24H24F3NO4/c1-13-6-15-9-19-20(32-12-31-19)10-16(15)23(28(13)11-24(2,3)27)22-17(25)7-14(8-18(22)26)4-5-21(29)30/h4-5,7-10,13,23H,6,11-12H2,1-3H3,(H,29,30)/b5-4+. The number of hydrogen-bond acceptors (Lipinski definition) is 4.